The molecule has 0 saturated carbocycles. The summed E-state index contributed by atoms with van der Waals surface area (Å²) in [5.41, 5.74) is 0.624. The number of aromatic carboxylic acids is 1. The maximum atomic E-state index is 13.1. The van der Waals surface area contributed by atoms with Gasteiger partial charge in [-0.05, 0) is 61.7 Å². The maximum absolute atomic E-state index is 13.1. The fraction of sp³-hybridized carbons (Fsp3) is 0.350. The molecule has 0 atom stereocenters. The van der Waals surface area contributed by atoms with Crippen molar-refractivity contribution in [3.05, 3.63) is 53.6 Å². The molecule has 1 aliphatic heterocycles. The predicted molar refractivity (Wildman–Crippen MR) is 113 cm³/mol. The van der Waals surface area contributed by atoms with Gasteiger partial charge in [0.05, 0.1) is 21.0 Å². The maximum Gasteiger partial charge on any atom is 0.335 e. The average molecular weight is 453 g/mol. The Hall–Kier alpha value is -2.43. The molecular formula is C20H24N2O6S2. The molecule has 3 rings (SSSR count). The van der Waals surface area contributed by atoms with Crippen LogP contribution in [0.4, 0.5) is 5.69 Å². The molecule has 1 heterocycles. The first-order valence-corrected chi connectivity index (χ1v) is 12.5. The van der Waals surface area contributed by atoms with Crippen molar-refractivity contribution >= 4 is 31.7 Å². The number of hydrogen-bond donors (Lipinski definition) is 2. The summed E-state index contributed by atoms with van der Waals surface area (Å²) in [7, 11) is -7.75. The second kappa shape index (κ2) is 8.75. The van der Waals surface area contributed by atoms with Gasteiger partial charge >= 0.3 is 5.97 Å². The second-order valence-corrected chi connectivity index (χ2v) is 10.8. The Morgan fingerprint density at radius 3 is 2.10 bits per heavy atom. The SMILES string of the molecule is Cc1ccc(NS(=O)(=O)c2ccc(C(=O)O)cc2)cc1S(=O)(=O)N1CCCCCC1. The summed E-state index contributed by atoms with van der Waals surface area (Å²) >= 11 is 0. The van der Waals surface area contributed by atoms with E-state index >= 15 is 0 Å². The molecule has 2 aromatic carbocycles. The van der Waals surface area contributed by atoms with E-state index in [-0.39, 0.29) is 21.0 Å². The minimum absolute atomic E-state index is 0.0323. The van der Waals surface area contributed by atoms with Crippen molar-refractivity contribution in [1.29, 1.82) is 0 Å². The Bertz CT molecular complexity index is 1130. The Balaban J connectivity index is 1.90. The number of carboxylic acids is 1. The van der Waals surface area contributed by atoms with Crippen LogP contribution in [0.2, 0.25) is 0 Å². The standard InChI is InChI=1S/C20H24N2O6S2/c1-15-6-9-17(14-19(15)30(27,28)22-12-4-2-3-5-13-22)21-29(25,26)18-10-7-16(8-11-18)20(23)24/h6-11,14,21H,2-5,12-13H2,1H3,(H,23,24). The molecule has 8 nitrogen and oxygen atoms in total. The molecule has 2 aromatic rings. The summed E-state index contributed by atoms with van der Waals surface area (Å²) in [5.74, 6) is -1.16. The van der Waals surface area contributed by atoms with Crippen molar-refractivity contribution in [3.8, 4) is 0 Å². The van der Waals surface area contributed by atoms with Gasteiger partial charge in [-0.15, -0.1) is 0 Å². The van der Waals surface area contributed by atoms with Crippen LogP contribution < -0.4 is 4.72 Å². The van der Waals surface area contributed by atoms with Crippen LogP contribution in [0.5, 0.6) is 0 Å². The number of rotatable bonds is 6. The molecule has 0 aliphatic carbocycles. The third-order valence-electron chi connectivity index (χ3n) is 5.03. The Labute approximate surface area is 176 Å². The monoisotopic (exact) mass is 452 g/mol. The number of anilines is 1. The van der Waals surface area contributed by atoms with Crippen LogP contribution >= 0.6 is 0 Å². The van der Waals surface area contributed by atoms with Gasteiger partial charge in [-0.25, -0.2) is 21.6 Å². The van der Waals surface area contributed by atoms with Gasteiger partial charge in [-0.2, -0.15) is 4.31 Å². The zero-order chi connectivity index (χ0) is 21.9. The van der Waals surface area contributed by atoms with E-state index in [1.54, 1.807) is 13.0 Å². The number of hydrogen-bond acceptors (Lipinski definition) is 5. The summed E-state index contributed by atoms with van der Waals surface area (Å²) in [5, 5.41) is 8.95. The highest BCUT2D eigenvalue weighted by molar-refractivity contribution is 7.92. The molecule has 1 aliphatic rings. The fourth-order valence-corrected chi connectivity index (χ4v) is 6.17. The van der Waals surface area contributed by atoms with Gasteiger partial charge < -0.3 is 5.11 Å². The zero-order valence-corrected chi connectivity index (χ0v) is 18.2. The van der Waals surface area contributed by atoms with E-state index < -0.39 is 26.0 Å². The van der Waals surface area contributed by atoms with E-state index in [2.05, 4.69) is 4.72 Å². The average Bonchev–Trinajstić information content (AvgIpc) is 2.99. The van der Waals surface area contributed by atoms with Gasteiger partial charge in [-0.3, -0.25) is 4.72 Å². The van der Waals surface area contributed by atoms with E-state index in [0.29, 0.717) is 18.7 Å². The van der Waals surface area contributed by atoms with Crippen LogP contribution in [-0.4, -0.2) is 45.3 Å². The molecule has 10 heteroatoms. The molecule has 0 amide bonds. The molecule has 0 radical (unpaired) electrons. The van der Waals surface area contributed by atoms with Gasteiger partial charge in [0.1, 0.15) is 0 Å². The first-order valence-electron chi connectivity index (χ1n) is 9.58. The summed E-state index contributed by atoms with van der Waals surface area (Å²) < 4.78 is 55.4. The second-order valence-electron chi connectivity index (χ2n) is 7.23. The topological polar surface area (TPSA) is 121 Å². The van der Waals surface area contributed by atoms with Gasteiger partial charge in [0.15, 0.2) is 0 Å². The summed E-state index contributed by atoms with van der Waals surface area (Å²) in [4.78, 5) is 10.9. The molecule has 0 spiro atoms. The lowest BCUT2D eigenvalue weighted by molar-refractivity contribution is 0.0696. The van der Waals surface area contributed by atoms with Crippen molar-refractivity contribution in [2.75, 3.05) is 17.8 Å². The molecule has 1 saturated heterocycles. The van der Waals surface area contributed by atoms with Crippen LogP contribution in [0.3, 0.4) is 0 Å². The first-order chi connectivity index (χ1) is 14.1. The minimum atomic E-state index is -4.01. The van der Waals surface area contributed by atoms with Crippen molar-refractivity contribution in [2.24, 2.45) is 0 Å². The van der Waals surface area contributed by atoms with Gasteiger partial charge in [0, 0.05) is 13.1 Å². The Morgan fingerprint density at radius 2 is 1.53 bits per heavy atom. The summed E-state index contributed by atoms with van der Waals surface area (Å²) in [6, 6.07) is 9.17. The third-order valence-corrected chi connectivity index (χ3v) is 8.47. The van der Waals surface area contributed by atoms with Crippen LogP contribution in [0.15, 0.2) is 52.3 Å². The molecule has 162 valence electrons. The van der Waals surface area contributed by atoms with Crippen molar-refractivity contribution in [3.63, 3.8) is 0 Å². The number of nitrogens with zero attached hydrogens (tertiary/aromatic N) is 1. The first kappa shape index (κ1) is 22.3. The molecule has 1 fully saturated rings. The smallest absolute Gasteiger partial charge is 0.335 e. The lowest BCUT2D eigenvalue weighted by atomic mass is 10.2. The number of aryl methyl sites for hydroxylation is 1. The number of sulfonamides is 2. The third kappa shape index (κ3) is 4.82. The Morgan fingerprint density at radius 1 is 0.933 bits per heavy atom. The lowest BCUT2D eigenvalue weighted by Crippen LogP contribution is -2.32. The largest absolute Gasteiger partial charge is 0.478 e. The van der Waals surface area contributed by atoms with E-state index in [4.69, 9.17) is 5.11 Å². The molecule has 0 unspecified atom stereocenters. The van der Waals surface area contributed by atoms with Crippen LogP contribution in [0.1, 0.15) is 41.6 Å². The van der Waals surface area contributed by atoms with Crippen LogP contribution in [0.25, 0.3) is 0 Å². The number of benzene rings is 2. The van der Waals surface area contributed by atoms with Crippen molar-refractivity contribution < 1.29 is 26.7 Å². The quantitative estimate of drug-likeness (QED) is 0.695. The van der Waals surface area contributed by atoms with Crippen molar-refractivity contribution in [2.45, 2.75) is 42.4 Å². The van der Waals surface area contributed by atoms with Gasteiger partial charge in [-0.1, -0.05) is 18.9 Å². The minimum Gasteiger partial charge on any atom is -0.478 e. The predicted octanol–water partition coefficient (Wildman–Crippen LogP) is 3.06. The van der Waals surface area contributed by atoms with E-state index in [0.717, 1.165) is 25.7 Å². The highest BCUT2D eigenvalue weighted by Gasteiger charge is 2.27. The van der Waals surface area contributed by atoms with E-state index in [1.807, 2.05) is 0 Å². The normalized spacial score (nSPS) is 16.0. The zero-order valence-electron chi connectivity index (χ0n) is 16.5. The number of carbonyl (C=O) groups is 1. The van der Waals surface area contributed by atoms with Crippen LogP contribution in [0, 0.1) is 6.92 Å². The summed E-state index contributed by atoms with van der Waals surface area (Å²) in [6.07, 6.45) is 3.59. The molecule has 2 N–H and O–H groups in total. The number of carboxylic acid groups (broad SMARTS) is 1. The molecule has 30 heavy (non-hydrogen) atoms. The highest BCUT2D eigenvalue weighted by Crippen LogP contribution is 2.27. The summed E-state index contributed by atoms with van der Waals surface area (Å²) in [6.45, 7) is 2.58. The van der Waals surface area contributed by atoms with E-state index in [1.165, 1.54) is 40.7 Å². The Kier molecular flexibility index (Phi) is 6.49. The molecular weight excluding hydrogens is 428 g/mol. The van der Waals surface area contributed by atoms with Gasteiger partial charge in [0.2, 0.25) is 10.0 Å². The number of nitrogens with one attached hydrogen (secondary N) is 1. The van der Waals surface area contributed by atoms with Crippen molar-refractivity contribution in [1.82, 2.24) is 4.31 Å². The fourth-order valence-electron chi connectivity index (χ4n) is 3.35. The van der Waals surface area contributed by atoms with Crippen LogP contribution in [-0.2, 0) is 20.0 Å². The molecule has 0 aromatic heterocycles. The molecule has 0 bridgehead atoms. The lowest BCUT2D eigenvalue weighted by Gasteiger charge is -2.21. The van der Waals surface area contributed by atoms with E-state index in [9.17, 15) is 21.6 Å². The highest BCUT2D eigenvalue weighted by atomic mass is 32.2. The van der Waals surface area contributed by atoms with Gasteiger partial charge in [0.25, 0.3) is 10.0 Å².